The first-order chi connectivity index (χ1) is 31.8. The molecule has 0 unspecified atom stereocenters. The van der Waals surface area contributed by atoms with E-state index >= 15 is 0 Å². The first-order valence-electron chi connectivity index (χ1n) is 21.8. The maximum atomic E-state index is 12.4. The van der Waals surface area contributed by atoms with E-state index in [4.69, 9.17) is 20.2 Å². The van der Waals surface area contributed by atoms with Gasteiger partial charge in [-0.25, -0.2) is 35.9 Å². The summed E-state index contributed by atoms with van der Waals surface area (Å²) in [7, 11) is -2.51. The predicted molar refractivity (Wildman–Crippen MR) is 260 cm³/mol. The maximum Gasteiger partial charge on any atom is 0.269 e. The molecule has 18 heteroatoms. The van der Waals surface area contributed by atoms with Crippen LogP contribution in [0.2, 0.25) is 0 Å². The highest BCUT2D eigenvalue weighted by molar-refractivity contribution is 7.91. The van der Waals surface area contributed by atoms with Gasteiger partial charge in [-0.1, -0.05) is 48.5 Å². The van der Waals surface area contributed by atoms with Crippen LogP contribution in [0.3, 0.4) is 0 Å². The molecule has 0 aliphatic carbocycles. The Morgan fingerprint density at radius 1 is 0.455 bits per heavy atom. The smallest absolute Gasteiger partial charge is 0.269 e. The number of pyridine rings is 2. The summed E-state index contributed by atoms with van der Waals surface area (Å²) < 4.78 is 53.1. The molecule has 0 bridgehead atoms. The van der Waals surface area contributed by atoms with Gasteiger partial charge in [-0.2, -0.15) is 9.97 Å². The monoisotopic (exact) mass is 922 g/mol. The Labute approximate surface area is 384 Å². The molecule has 2 aliphatic rings. The zero-order valence-electron chi connectivity index (χ0n) is 37.2. The molecule has 10 rings (SSSR count). The molecular formula is C48H50N12O4S2. The van der Waals surface area contributed by atoms with Crippen molar-refractivity contribution in [1.29, 1.82) is 0 Å². The topological polar surface area (TPSA) is 148 Å². The van der Waals surface area contributed by atoms with Crippen molar-refractivity contribution in [3.8, 4) is 22.5 Å². The maximum absolute atomic E-state index is 12.4. The first-order valence-corrected chi connectivity index (χ1v) is 25.5. The summed E-state index contributed by atoms with van der Waals surface area (Å²) in [6.45, 7) is 7.22. The molecular weight excluding hydrogens is 873 g/mol. The lowest BCUT2D eigenvalue weighted by Crippen LogP contribution is -2.44. The molecule has 6 heterocycles. The molecule has 66 heavy (non-hydrogen) atoms. The highest BCUT2D eigenvalue weighted by Gasteiger charge is 2.31. The number of nitrogens with zero attached hydrogens (tertiary/aromatic N) is 12. The lowest BCUT2D eigenvalue weighted by Gasteiger charge is -2.37. The van der Waals surface area contributed by atoms with Gasteiger partial charge in [0.05, 0.1) is 32.6 Å². The van der Waals surface area contributed by atoms with Crippen molar-refractivity contribution in [3.63, 3.8) is 0 Å². The molecule has 2 fully saturated rings. The molecule has 4 aromatic carbocycles. The van der Waals surface area contributed by atoms with Crippen LogP contribution in [0, 0.1) is 0 Å². The average Bonchev–Trinajstić information content (AvgIpc) is 3.96. The highest BCUT2D eigenvalue weighted by atomic mass is 32.2. The van der Waals surface area contributed by atoms with E-state index < -0.39 is 19.7 Å². The van der Waals surface area contributed by atoms with Crippen molar-refractivity contribution in [2.45, 2.75) is 9.79 Å². The van der Waals surface area contributed by atoms with Gasteiger partial charge in [0.15, 0.2) is 31.0 Å². The van der Waals surface area contributed by atoms with Crippen LogP contribution in [0.1, 0.15) is 0 Å². The standard InChI is InChI=1S/C48H50N12O4S2/c1-53-25-29-55(30-26-53)37-9-5-11-39(33-37)59(47-49-45-15-7-13-43(57(45)51-47)35-17-21-41(22-18-35)65(3,61)62)60(40-12-6-10-38(34-40)56-31-27-54(2)28-32-56)48-50-46-16-8-14-44(58(46)52-48)36-19-23-42(24-20-36)66(4,63)64/h5-24,33-34H,25-32H2,1-4H3. The van der Waals surface area contributed by atoms with Crippen molar-refractivity contribution in [2.75, 3.05) is 98.8 Å². The molecule has 0 amide bonds. The summed E-state index contributed by atoms with van der Waals surface area (Å²) >= 11 is 0. The number of hydrogen-bond donors (Lipinski definition) is 0. The molecule has 16 nitrogen and oxygen atoms in total. The normalized spacial score (nSPS) is 15.5. The van der Waals surface area contributed by atoms with Crippen molar-refractivity contribution in [3.05, 3.63) is 133 Å². The molecule has 0 atom stereocenters. The van der Waals surface area contributed by atoms with E-state index in [-0.39, 0.29) is 9.79 Å². The Kier molecular flexibility index (Phi) is 11.2. The van der Waals surface area contributed by atoms with Gasteiger partial charge in [0.25, 0.3) is 11.9 Å². The van der Waals surface area contributed by atoms with Gasteiger partial charge in [-0.15, -0.1) is 10.2 Å². The van der Waals surface area contributed by atoms with E-state index in [1.54, 1.807) is 57.6 Å². The minimum absolute atomic E-state index is 0.229. The lowest BCUT2D eigenvalue weighted by molar-refractivity contribution is 0.313. The molecule has 4 aromatic heterocycles. The fraction of sp³-hybridized carbons (Fsp3) is 0.250. The quantitative estimate of drug-likeness (QED) is 0.134. The number of likely N-dealkylation sites (N-methyl/N-ethyl adjacent to an activating group) is 2. The van der Waals surface area contributed by atoms with Crippen LogP contribution in [0.15, 0.2) is 143 Å². The van der Waals surface area contributed by atoms with E-state index in [9.17, 15) is 16.8 Å². The van der Waals surface area contributed by atoms with Crippen LogP contribution >= 0.6 is 0 Å². The zero-order valence-corrected chi connectivity index (χ0v) is 38.8. The Balaban J connectivity index is 1.18. The second kappa shape index (κ2) is 17.2. The van der Waals surface area contributed by atoms with Crippen LogP contribution < -0.4 is 19.8 Å². The van der Waals surface area contributed by atoms with Crippen LogP contribution in [-0.2, 0) is 19.7 Å². The van der Waals surface area contributed by atoms with Crippen molar-refractivity contribution in [1.82, 2.24) is 39.0 Å². The van der Waals surface area contributed by atoms with Crippen molar-refractivity contribution >= 4 is 65.6 Å². The number of sulfone groups is 2. The number of fused-ring (bicyclic) bond motifs is 2. The zero-order chi connectivity index (χ0) is 45.7. The molecule has 0 N–H and O–H groups in total. The van der Waals surface area contributed by atoms with Gasteiger partial charge >= 0.3 is 0 Å². The third-order valence-corrected chi connectivity index (χ3v) is 14.6. The van der Waals surface area contributed by atoms with Gasteiger partial charge in [-0.05, 0) is 99.0 Å². The summed E-state index contributed by atoms with van der Waals surface area (Å²) in [5.74, 6) is 0.678. The number of anilines is 6. The number of rotatable bonds is 11. The molecule has 0 radical (unpaired) electrons. The Morgan fingerprint density at radius 3 is 1.18 bits per heavy atom. The second-order valence-corrected chi connectivity index (χ2v) is 21.1. The van der Waals surface area contributed by atoms with E-state index in [0.717, 1.165) is 97.6 Å². The number of hydrogen-bond acceptors (Lipinski definition) is 14. The average molecular weight is 923 g/mol. The van der Waals surface area contributed by atoms with E-state index in [2.05, 4.69) is 70.1 Å². The van der Waals surface area contributed by atoms with Crippen LogP contribution in [0.25, 0.3) is 33.8 Å². The number of piperazine rings is 2. The second-order valence-electron chi connectivity index (χ2n) is 17.0. The molecule has 2 saturated heterocycles. The number of benzene rings is 4. The highest BCUT2D eigenvalue weighted by Crippen LogP contribution is 2.38. The van der Waals surface area contributed by atoms with Gasteiger partial charge in [0, 0.05) is 87.4 Å². The third-order valence-electron chi connectivity index (χ3n) is 12.3. The minimum Gasteiger partial charge on any atom is -0.369 e. The van der Waals surface area contributed by atoms with E-state index in [1.807, 2.05) is 58.5 Å². The SMILES string of the molecule is CN1CCN(c2cccc(N(c3nc4cccc(-c5ccc(S(C)(=O)=O)cc5)n4n3)N(c3cccc(N4CCN(C)CC4)c3)c3nc4cccc(-c5ccc(S(C)(=O)=O)cc5)n4n3)c2)CC1. The lowest BCUT2D eigenvalue weighted by atomic mass is 10.1. The number of aromatic nitrogens is 6. The minimum atomic E-state index is -3.40. The Hall–Kier alpha value is -6.86. The molecule has 2 aliphatic heterocycles. The van der Waals surface area contributed by atoms with Crippen LogP contribution in [0.4, 0.5) is 34.6 Å². The van der Waals surface area contributed by atoms with E-state index in [0.29, 0.717) is 23.2 Å². The Morgan fingerprint density at radius 2 is 0.818 bits per heavy atom. The van der Waals surface area contributed by atoms with Crippen molar-refractivity contribution < 1.29 is 16.8 Å². The first kappa shape index (κ1) is 43.1. The largest absolute Gasteiger partial charge is 0.369 e. The fourth-order valence-electron chi connectivity index (χ4n) is 8.56. The fourth-order valence-corrected chi connectivity index (χ4v) is 9.82. The summed E-state index contributed by atoms with van der Waals surface area (Å²) in [5.41, 5.74) is 7.76. The van der Waals surface area contributed by atoms with Crippen LogP contribution in [-0.4, -0.2) is 135 Å². The molecule has 0 spiro atoms. The number of hydrazine groups is 1. The summed E-state index contributed by atoms with van der Waals surface area (Å²) in [4.78, 5) is 20.3. The summed E-state index contributed by atoms with van der Waals surface area (Å²) in [6, 6.07) is 41.8. The van der Waals surface area contributed by atoms with Gasteiger partial charge in [0.2, 0.25) is 0 Å². The van der Waals surface area contributed by atoms with Gasteiger partial charge < -0.3 is 19.6 Å². The predicted octanol–water partition coefficient (Wildman–Crippen LogP) is 6.31. The van der Waals surface area contributed by atoms with E-state index in [1.165, 1.54) is 12.5 Å². The Bertz CT molecular complexity index is 3070. The van der Waals surface area contributed by atoms with Gasteiger partial charge in [-0.3, -0.25) is 0 Å². The molecule has 8 aromatic rings. The van der Waals surface area contributed by atoms with Crippen molar-refractivity contribution in [2.24, 2.45) is 0 Å². The van der Waals surface area contributed by atoms with Gasteiger partial charge in [0.1, 0.15) is 0 Å². The van der Waals surface area contributed by atoms with Crippen LogP contribution in [0.5, 0.6) is 0 Å². The molecule has 0 saturated carbocycles. The molecule has 338 valence electrons. The summed E-state index contributed by atoms with van der Waals surface area (Å²) in [5, 5.41) is 14.4. The summed E-state index contributed by atoms with van der Waals surface area (Å²) in [6.07, 6.45) is 2.40. The third kappa shape index (κ3) is 8.55.